The second-order valence-electron chi connectivity index (χ2n) is 11.7. The van der Waals surface area contributed by atoms with Gasteiger partial charge in [-0.2, -0.15) is 0 Å². The second kappa shape index (κ2) is 36.5. The van der Waals surface area contributed by atoms with E-state index in [9.17, 15) is 0 Å². The summed E-state index contributed by atoms with van der Waals surface area (Å²) in [5.74, 6) is 2.47. The van der Waals surface area contributed by atoms with E-state index in [1.807, 2.05) is 24.3 Å². The molecule has 0 radical (unpaired) electrons. The minimum Gasteiger partial charge on any atom is -0.497 e. The summed E-state index contributed by atoms with van der Waals surface area (Å²) in [4.78, 5) is 0. The van der Waals surface area contributed by atoms with E-state index in [0.717, 1.165) is 24.2 Å². The first-order chi connectivity index (χ1) is 27.7. The molecule has 322 valence electrons. The molecule has 0 saturated carbocycles. The topological polar surface area (TPSA) is 170 Å². The summed E-state index contributed by atoms with van der Waals surface area (Å²) < 4.78 is 77.8. The highest BCUT2D eigenvalue weighted by atomic mass is 16.6. The summed E-state index contributed by atoms with van der Waals surface area (Å²) in [5, 5.41) is 17.3. The van der Waals surface area contributed by atoms with Gasteiger partial charge in [-0.1, -0.05) is 12.1 Å². The number of rotatable bonds is 41. The van der Waals surface area contributed by atoms with Crippen LogP contribution in [0.1, 0.15) is 11.1 Å². The number of ether oxygens (including phenoxy) is 14. The van der Waals surface area contributed by atoms with Crippen molar-refractivity contribution in [3.63, 3.8) is 0 Å². The molecule has 0 bridgehead atoms. The van der Waals surface area contributed by atoms with Gasteiger partial charge in [-0.15, -0.1) is 0 Å². The lowest BCUT2D eigenvalue weighted by Gasteiger charge is -2.17. The molecule has 2 aromatic carbocycles. The van der Waals surface area contributed by atoms with Crippen LogP contribution in [-0.2, 0) is 60.2 Å². The van der Waals surface area contributed by atoms with Crippen LogP contribution < -0.4 is 18.9 Å². The Morgan fingerprint density at radius 3 is 0.964 bits per heavy atom. The largest absolute Gasteiger partial charge is 0.497 e. The summed E-state index contributed by atoms with van der Waals surface area (Å²) in [6.07, 6.45) is 1.58. The maximum atomic E-state index is 8.66. The molecule has 0 aliphatic heterocycles. The Bertz CT molecular complexity index is 1100. The quantitative estimate of drug-likeness (QED) is 0.0940. The SMILES string of the molecule is COc1ccc(CCc2cc(OCCOCCOCCOCCOCCOCCO)c(OC)c(OCCOCCOCCOCCOCCOCCO)c2)cc1. The second-order valence-corrected chi connectivity index (χ2v) is 11.7. The molecule has 0 aliphatic carbocycles. The average Bonchev–Trinajstić information content (AvgIpc) is 3.22. The molecule has 0 heterocycles. The van der Waals surface area contributed by atoms with Gasteiger partial charge < -0.3 is 76.5 Å². The third kappa shape index (κ3) is 26.1. The predicted molar refractivity (Wildman–Crippen MR) is 207 cm³/mol. The molecule has 0 aliphatic rings. The smallest absolute Gasteiger partial charge is 0.203 e. The van der Waals surface area contributed by atoms with E-state index >= 15 is 0 Å². The molecule has 0 amide bonds. The number of aliphatic hydroxyl groups is 2. The van der Waals surface area contributed by atoms with Gasteiger partial charge in [0.2, 0.25) is 5.75 Å². The first-order valence-corrected chi connectivity index (χ1v) is 19.3. The van der Waals surface area contributed by atoms with E-state index in [2.05, 4.69) is 12.1 Å². The van der Waals surface area contributed by atoms with Crippen molar-refractivity contribution in [2.45, 2.75) is 12.8 Å². The van der Waals surface area contributed by atoms with Crippen LogP contribution in [0.25, 0.3) is 0 Å². The van der Waals surface area contributed by atoms with Crippen LogP contribution in [-0.4, -0.2) is 183 Å². The van der Waals surface area contributed by atoms with Gasteiger partial charge in [0, 0.05) is 0 Å². The summed E-state index contributed by atoms with van der Waals surface area (Å²) in [7, 11) is 3.25. The monoisotopic (exact) mass is 802 g/mol. The van der Waals surface area contributed by atoms with Gasteiger partial charge in [0.15, 0.2) is 11.5 Å². The number of benzene rings is 2. The third-order valence-corrected chi connectivity index (χ3v) is 7.56. The zero-order valence-electron chi connectivity index (χ0n) is 33.5. The van der Waals surface area contributed by atoms with Crippen molar-refractivity contribution < 1.29 is 76.5 Å². The van der Waals surface area contributed by atoms with Crippen LogP contribution in [0.5, 0.6) is 23.0 Å². The molecule has 2 N–H and O–H groups in total. The van der Waals surface area contributed by atoms with Gasteiger partial charge in [-0.3, -0.25) is 0 Å². The Balaban J connectivity index is 1.68. The predicted octanol–water partition coefficient (Wildman–Crippen LogP) is 2.40. The first-order valence-electron chi connectivity index (χ1n) is 19.3. The van der Waals surface area contributed by atoms with Gasteiger partial charge in [0.1, 0.15) is 19.0 Å². The van der Waals surface area contributed by atoms with E-state index in [4.69, 9.17) is 76.5 Å². The fourth-order valence-corrected chi connectivity index (χ4v) is 4.79. The molecule has 16 nitrogen and oxygen atoms in total. The van der Waals surface area contributed by atoms with Crippen LogP contribution in [0, 0.1) is 0 Å². The Kier molecular flexibility index (Phi) is 32.1. The van der Waals surface area contributed by atoms with Crippen LogP contribution in [0.2, 0.25) is 0 Å². The Hall–Kier alpha value is -2.84. The molecular weight excluding hydrogens is 736 g/mol. The fraction of sp³-hybridized carbons (Fsp3) is 0.700. The van der Waals surface area contributed by atoms with Gasteiger partial charge in [0.05, 0.1) is 160 Å². The molecule has 56 heavy (non-hydrogen) atoms. The molecule has 0 atom stereocenters. The zero-order valence-corrected chi connectivity index (χ0v) is 33.5. The molecule has 16 heteroatoms. The standard InChI is InChI=1S/C40H66O16/c1-43-37-7-5-35(6-8-37)3-4-36-33-38(55-31-29-53-27-25-51-23-21-49-19-17-47-15-13-45-11-9-41)40(44-2)39(34-36)56-32-30-54-28-26-52-24-22-50-20-18-48-16-14-46-12-10-42/h5-8,33-34,41-42H,3-4,9-32H2,1-2H3. The lowest BCUT2D eigenvalue weighted by molar-refractivity contribution is -0.0148. The van der Waals surface area contributed by atoms with E-state index in [1.165, 1.54) is 5.56 Å². The van der Waals surface area contributed by atoms with Crippen LogP contribution in [0.4, 0.5) is 0 Å². The molecule has 0 unspecified atom stereocenters. The molecule has 2 aromatic rings. The zero-order chi connectivity index (χ0) is 40.0. The maximum Gasteiger partial charge on any atom is 0.203 e. The van der Waals surface area contributed by atoms with Crippen molar-refractivity contribution in [2.75, 3.05) is 173 Å². The first kappa shape index (κ1) is 49.3. The number of hydrogen-bond donors (Lipinski definition) is 2. The lowest BCUT2D eigenvalue weighted by Crippen LogP contribution is -2.15. The van der Waals surface area contributed by atoms with Gasteiger partial charge in [-0.05, 0) is 48.2 Å². The van der Waals surface area contributed by atoms with Gasteiger partial charge in [-0.25, -0.2) is 0 Å². The highest BCUT2D eigenvalue weighted by Crippen LogP contribution is 2.39. The van der Waals surface area contributed by atoms with Gasteiger partial charge >= 0.3 is 0 Å². The Morgan fingerprint density at radius 2 is 0.661 bits per heavy atom. The summed E-state index contributed by atoms with van der Waals surface area (Å²) >= 11 is 0. The molecule has 2 rings (SSSR count). The number of aliphatic hydroxyl groups excluding tert-OH is 2. The summed E-state index contributed by atoms with van der Waals surface area (Å²) in [6.45, 7) is 9.32. The minimum atomic E-state index is 0.00938. The van der Waals surface area contributed by atoms with E-state index in [-0.39, 0.29) is 13.2 Å². The van der Waals surface area contributed by atoms with Crippen molar-refractivity contribution in [3.05, 3.63) is 47.5 Å². The molecular formula is C40H66O16. The molecule has 0 aromatic heterocycles. The molecule has 0 fully saturated rings. The van der Waals surface area contributed by atoms with Crippen LogP contribution >= 0.6 is 0 Å². The Morgan fingerprint density at radius 1 is 0.357 bits per heavy atom. The molecule has 0 saturated heterocycles. The average molecular weight is 803 g/mol. The number of aryl methyl sites for hydroxylation is 2. The lowest BCUT2D eigenvalue weighted by atomic mass is 10.0. The van der Waals surface area contributed by atoms with Crippen molar-refractivity contribution in [1.29, 1.82) is 0 Å². The fourth-order valence-electron chi connectivity index (χ4n) is 4.79. The maximum absolute atomic E-state index is 8.66. The van der Waals surface area contributed by atoms with E-state index < -0.39 is 0 Å². The van der Waals surface area contributed by atoms with E-state index in [0.29, 0.717) is 163 Å². The van der Waals surface area contributed by atoms with Crippen molar-refractivity contribution in [2.24, 2.45) is 0 Å². The normalized spacial score (nSPS) is 11.3. The number of methoxy groups -OCH3 is 2. The summed E-state index contributed by atoms with van der Waals surface area (Å²) in [5.41, 5.74) is 2.23. The minimum absolute atomic E-state index is 0.00938. The van der Waals surface area contributed by atoms with Crippen LogP contribution in [0.15, 0.2) is 36.4 Å². The molecule has 0 spiro atoms. The highest BCUT2D eigenvalue weighted by molar-refractivity contribution is 5.54. The van der Waals surface area contributed by atoms with Crippen molar-refractivity contribution in [1.82, 2.24) is 0 Å². The van der Waals surface area contributed by atoms with Crippen LogP contribution in [0.3, 0.4) is 0 Å². The summed E-state index contributed by atoms with van der Waals surface area (Å²) in [6, 6.07) is 12.0. The van der Waals surface area contributed by atoms with Crippen molar-refractivity contribution >= 4 is 0 Å². The number of hydrogen-bond acceptors (Lipinski definition) is 16. The van der Waals surface area contributed by atoms with Gasteiger partial charge in [0.25, 0.3) is 0 Å². The van der Waals surface area contributed by atoms with Crippen molar-refractivity contribution in [3.8, 4) is 23.0 Å². The van der Waals surface area contributed by atoms with E-state index in [1.54, 1.807) is 14.2 Å². The highest BCUT2D eigenvalue weighted by Gasteiger charge is 2.15. The Labute approximate surface area is 332 Å². The third-order valence-electron chi connectivity index (χ3n) is 7.56.